The molecule has 0 radical (unpaired) electrons. The fourth-order valence-electron chi connectivity index (χ4n) is 2.56. The Morgan fingerprint density at radius 3 is 2.21 bits per heavy atom. The molecular formula is C18H22O. The molecule has 1 heteroatoms. The fraction of sp³-hybridized carbons (Fsp3) is 0.333. The van der Waals surface area contributed by atoms with Crippen LogP contribution in [0, 0.1) is 6.92 Å². The molecule has 1 nitrogen and oxygen atoms in total. The summed E-state index contributed by atoms with van der Waals surface area (Å²) in [6.45, 7) is 6.08. The molecular weight excluding hydrogens is 232 g/mol. The van der Waals surface area contributed by atoms with Gasteiger partial charge in [-0.2, -0.15) is 0 Å². The summed E-state index contributed by atoms with van der Waals surface area (Å²) in [6, 6.07) is 16.3. The Kier molecular flexibility index (Phi) is 4.06. The lowest BCUT2D eigenvalue weighted by Gasteiger charge is -2.26. The minimum absolute atomic E-state index is 0.934. The van der Waals surface area contributed by atoms with Gasteiger partial charge in [0.2, 0.25) is 0 Å². The van der Waals surface area contributed by atoms with Crippen LogP contribution in [0.15, 0.2) is 48.5 Å². The third-order valence-electron chi connectivity index (χ3n) is 3.72. The van der Waals surface area contributed by atoms with Gasteiger partial charge >= 0.3 is 0 Å². The predicted octanol–water partition coefficient (Wildman–Crippen LogP) is 4.20. The SMILES string of the molecule is CCCc1ccc(C(C)(O)c2ccccc2C)cc1. The van der Waals surface area contributed by atoms with Crippen LogP contribution in [0.5, 0.6) is 0 Å². The number of hydrogen-bond donors (Lipinski definition) is 1. The Morgan fingerprint density at radius 1 is 1.00 bits per heavy atom. The summed E-state index contributed by atoms with van der Waals surface area (Å²) in [5.41, 5.74) is 3.42. The smallest absolute Gasteiger partial charge is 0.112 e. The van der Waals surface area contributed by atoms with E-state index in [0.29, 0.717) is 0 Å². The number of hydrogen-bond acceptors (Lipinski definition) is 1. The molecule has 1 unspecified atom stereocenters. The summed E-state index contributed by atoms with van der Waals surface area (Å²) in [7, 11) is 0. The molecule has 1 atom stereocenters. The van der Waals surface area contributed by atoms with Crippen LogP contribution in [0.25, 0.3) is 0 Å². The highest BCUT2D eigenvalue weighted by molar-refractivity contribution is 5.40. The van der Waals surface area contributed by atoms with Crippen molar-refractivity contribution in [2.75, 3.05) is 0 Å². The first-order valence-corrected chi connectivity index (χ1v) is 6.93. The summed E-state index contributed by atoms with van der Waals surface area (Å²) >= 11 is 0. The molecule has 0 heterocycles. The van der Waals surface area contributed by atoms with Gasteiger partial charge in [-0.25, -0.2) is 0 Å². The summed E-state index contributed by atoms with van der Waals surface area (Å²) in [6.07, 6.45) is 2.24. The van der Waals surface area contributed by atoms with E-state index in [1.807, 2.05) is 50.2 Å². The lowest BCUT2D eigenvalue weighted by molar-refractivity contribution is 0.101. The van der Waals surface area contributed by atoms with Crippen LogP contribution in [-0.4, -0.2) is 5.11 Å². The third-order valence-corrected chi connectivity index (χ3v) is 3.72. The Labute approximate surface area is 115 Å². The van der Waals surface area contributed by atoms with E-state index in [9.17, 15) is 5.11 Å². The van der Waals surface area contributed by atoms with E-state index in [1.165, 1.54) is 5.56 Å². The highest BCUT2D eigenvalue weighted by Crippen LogP contribution is 2.31. The van der Waals surface area contributed by atoms with Gasteiger partial charge in [0, 0.05) is 0 Å². The average molecular weight is 254 g/mol. The zero-order valence-corrected chi connectivity index (χ0v) is 12.0. The van der Waals surface area contributed by atoms with Gasteiger partial charge in [-0.1, -0.05) is 61.9 Å². The van der Waals surface area contributed by atoms with Crippen LogP contribution in [0.2, 0.25) is 0 Å². The largest absolute Gasteiger partial charge is 0.381 e. The van der Waals surface area contributed by atoms with E-state index < -0.39 is 5.60 Å². The fourth-order valence-corrected chi connectivity index (χ4v) is 2.56. The number of aryl methyl sites for hydroxylation is 2. The van der Waals surface area contributed by atoms with Crippen molar-refractivity contribution in [3.05, 3.63) is 70.8 Å². The molecule has 0 saturated heterocycles. The maximum Gasteiger partial charge on any atom is 0.112 e. The molecule has 2 aromatic rings. The Bertz CT molecular complexity index is 538. The van der Waals surface area contributed by atoms with Gasteiger partial charge in [0.1, 0.15) is 5.60 Å². The molecule has 0 aliphatic rings. The summed E-state index contributed by atoms with van der Waals surface area (Å²) in [5.74, 6) is 0. The van der Waals surface area contributed by atoms with Gasteiger partial charge in [-0.3, -0.25) is 0 Å². The van der Waals surface area contributed by atoms with Gasteiger partial charge in [0.15, 0.2) is 0 Å². The van der Waals surface area contributed by atoms with E-state index in [0.717, 1.165) is 29.5 Å². The third kappa shape index (κ3) is 2.87. The quantitative estimate of drug-likeness (QED) is 0.866. The summed E-state index contributed by atoms with van der Waals surface area (Å²) < 4.78 is 0. The van der Waals surface area contributed by atoms with Crippen LogP contribution in [0.4, 0.5) is 0 Å². The molecule has 0 fully saturated rings. The van der Waals surface area contributed by atoms with Crippen LogP contribution in [0.1, 0.15) is 42.5 Å². The van der Waals surface area contributed by atoms with Crippen molar-refractivity contribution >= 4 is 0 Å². The second-order valence-corrected chi connectivity index (χ2v) is 5.33. The molecule has 0 amide bonds. The van der Waals surface area contributed by atoms with E-state index in [1.54, 1.807) is 0 Å². The monoisotopic (exact) mass is 254 g/mol. The second kappa shape index (κ2) is 5.58. The van der Waals surface area contributed by atoms with Gasteiger partial charge in [-0.15, -0.1) is 0 Å². The van der Waals surface area contributed by atoms with Crippen molar-refractivity contribution in [1.29, 1.82) is 0 Å². The number of aliphatic hydroxyl groups is 1. The van der Waals surface area contributed by atoms with Crippen molar-refractivity contribution in [3.8, 4) is 0 Å². The van der Waals surface area contributed by atoms with Crippen molar-refractivity contribution in [2.45, 2.75) is 39.2 Å². The zero-order valence-electron chi connectivity index (χ0n) is 12.0. The molecule has 2 rings (SSSR count). The average Bonchev–Trinajstić information content (AvgIpc) is 2.40. The van der Waals surface area contributed by atoms with Gasteiger partial charge in [0.25, 0.3) is 0 Å². The highest BCUT2D eigenvalue weighted by atomic mass is 16.3. The van der Waals surface area contributed by atoms with Crippen molar-refractivity contribution < 1.29 is 5.11 Å². The van der Waals surface area contributed by atoms with E-state index >= 15 is 0 Å². The normalized spacial score (nSPS) is 14.1. The summed E-state index contributed by atoms with van der Waals surface area (Å²) in [5, 5.41) is 10.9. The minimum atomic E-state index is -0.934. The van der Waals surface area contributed by atoms with Crippen molar-refractivity contribution in [2.24, 2.45) is 0 Å². The predicted molar refractivity (Wildman–Crippen MR) is 80.3 cm³/mol. The van der Waals surface area contributed by atoms with Crippen molar-refractivity contribution in [1.82, 2.24) is 0 Å². The molecule has 0 saturated carbocycles. The zero-order chi connectivity index (χ0) is 13.9. The molecule has 100 valence electrons. The van der Waals surface area contributed by atoms with Crippen LogP contribution in [0.3, 0.4) is 0 Å². The molecule has 0 aliphatic carbocycles. The Morgan fingerprint density at radius 2 is 1.63 bits per heavy atom. The Hall–Kier alpha value is -1.60. The molecule has 1 N–H and O–H groups in total. The van der Waals surface area contributed by atoms with E-state index in [2.05, 4.69) is 19.1 Å². The first kappa shape index (κ1) is 13.8. The Balaban J connectivity index is 2.36. The van der Waals surface area contributed by atoms with Crippen molar-refractivity contribution in [3.63, 3.8) is 0 Å². The maximum atomic E-state index is 10.9. The topological polar surface area (TPSA) is 20.2 Å². The molecule has 19 heavy (non-hydrogen) atoms. The lowest BCUT2D eigenvalue weighted by Crippen LogP contribution is -2.23. The first-order valence-electron chi connectivity index (χ1n) is 6.93. The van der Waals surface area contributed by atoms with Gasteiger partial charge < -0.3 is 5.11 Å². The van der Waals surface area contributed by atoms with Gasteiger partial charge in [0.05, 0.1) is 0 Å². The molecule has 0 bridgehead atoms. The standard InChI is InChI=1S/C18H22O/c1-4-7-15-10-12-16(13-11-15)18(3,19)17-9-6-5-8-14(17)2/h5-6,8-13,19H,4,7H2,1-3H3. The van der Waals surface area contributed by atoms with Crippen LogP contribution in [-0.2, 0) is 12.0 Å². The molecule has 0 aromatic heterocycles. The van der Waals surface area contributed by atoms with Crippen LogP contribution < -0.4 is 0 Å². The maximum absolute atomic E-state index is 10.9. The molecule has 2 aromatic carbocycles. The van der Waals surface area contributed by atoms with Gasteiger partial charge in [-0.05, 0) is 42.5 Å². The van der Waals surface area contributed by atoms with Crippen LogP contribution >= 0.6 is 0 Å². The second-order valence-electron chi connectivity index (χ2n) is 5.33. The first-order chi connectivity index (χ1) is 9.05. The molecule has 0 aliphatic heterocycles. The minimum Gasteiger partial charge on any atom is -0.381 e. The van der Waals surface area contributed by atoms with E-state index in [4.69, 9.17) is 0 Å². The lowest BCUT2D eigenvalue weighted by atomic mass is 9.85. The number of rotatable bonds is 4. The van der Waals surface area contributed by atoms with E-state index in [-0.39, 0.29) is 0 Å². The molecule has 0 spiro atoms. The highest BCUT2D eigenvalue weighted by Gasteiger charge is 2.26. The summed E-state index contributed by atoms with van der Waals surface area (Å²) in [4.78, 5) is 0. The number of benzene rings is 2.